The van der Waals surface area contributed by atoms with Gasteiger partial charge in [-0.3, -0.25) is 4.79 Å². The predicted octanol–water partition coefficient (Wildman–Crippen LogP) is 3.93. The Bertz CT molecular complexity index is 286. The van der Waals surface area contributed by atoms with Crippen molar-refractivity contribution < 1.29 is 19.0 Å². The molecule has 0 heterocycles. The summed E-state index contributed by atoms with van der Waals surface area (Å²) in [5, 5.41) is 0. The molecule has 0 aromatic carbocycles. The Balaban J connectivity index is 4.07. The minimum absolute atomic E-state index is 0.0329. The summed E-state index contributed by atoms with van der Waals surface area (Å²) in [6, 6.07) is 1.14. The second kappa shape index (κ2) is 10.4. The summed E-state index contributed by atoms with van der Waals surface area (Å²) >= 11 is 0. The fraction of sp³-hybridized carbons (Fsp3) is 0.938. The van der Waals surface area contributed by atoms with E-state index in [2.05, 4.69) is 33.5 Å². The SMILES string of the molecule is COC(=O)[C@@H](CCCC(OC)OCC[Si](C)(C)C)C(C)C. The molecule has 21 heavy (non-hydrogen) atoms. The maximum Gasteiger partial charge on any atom is 0.308 e. The molecule has 0 spiro atoms. The van der Waals surface area contributed by atoms with Crippen molar-refractivity contribution in [3.63, 3.8) is 0 Å². The van der Waals surface area contributed by atoms with Crippen molar-refractivity contribution in [3.05, 3.63) is 0 Å². The monoisotopic (exact) mass is 318 g/mol. The molecule has 1 unspecified atom stereocenters. The van der Waals surface area contributed by atoms with Crippen LogP contribution in [0.25, 0.3) is 0 Å². The number of carbonyl (C=O) groups excluding carboxylic acids is 1. The number of rotatable bonds is 11. The molecule has 0 aliphatic carbocycles. The van der Waals surface area contributed by atoms with Crippen molar-refractivity contribution in [2.75, 3.05) is 20.8 Å². The van der Waals surface area contributed by atoms with E-state index in [0.717, 1.165) is 31.9 Å². The molecule has 0 aliphatic rings. The summed E-state index contributed by atoms with van der Waals surface area (Å²) in [5.74, 6) is 0.152. The highest BCUT2D eigenvalue weighted by Crippen LogP contribution is 2.21. The van der Waals surface area contributed by atoms with Crippen molar-refractivity contribution >= 4 is 14.0 Å². The second-order valence-electron chi connectivity index (χ2n) is 7.15. The first kappa shape index (κ1) is 20.6. The topological polar surface area (TPSA) is 44.8 Å². The van der Waals surface area contributed by atoms with Crippen LogP contribution in [0.4, 0.5) is 0 Å². The van der Waals surface area contributed by atoms with E-state index in [9.17, 15) is 4.79 Å². The lowest BCUT2D eigenvalue weighted by atomic mass is 9.90. The number of hydrogen-bond donors (Lipinski definition) is 0. The molecule has 0 amide bonds. The van der Waals surface area contributed by atoms with E-state index in [1.807, 2.05) is 0 Å². The summed E-state index contributed by atoms with van der Waals surface area (Å²) in [6.45, 7) is 11.9. The van der Waals surface area contributed by atoms with Crippen LogP contribution in [0.2, 0.25) is 25.7 Å². The molecule has 126 valence electrons. The van der Waals surface area contributed by atoms with Crippen LogP contribution in [-0.2, 0) is 19.0 Å². The smallest absolute Gasteiger partial charge is 0.308 e. The van der Waals surface area contributed by atoms with Crippen LogP contribution in [-0.4, -0.2) is 41.2 Å². The number of hydrogen-bond acceptors (Lipinski definition) is 4. The molecule has 0 saturated carbocycles. The summed E-state index contributed by atoms with van der Waals surface area (Å²) in [5.41, 5.74) is 0. The largest absolute Gasteiger partial charge is 0.469 e. The zero-order chi connectivity index (χ0) is 16.5. The summed E-state index contributed by atoms with van der Waals surface area (Å²) in [7, 11) is 2.07. The number of carbonyl (C=O) groups is 1. The zero-order valence-electron chi connectivity index (χ0n) is 14.9. The van der Waals surface area contributed by atoms with Crippen LogP contribution in [0.5, 0.6) is 0 Å². The first-order valence-corrected chi connectivity index (χ1v) is 11.6. The van der Waals surface area contributed by atoms with Gasteiger partial charge in [0.25, 0.3) is 0 Å². The van der Waals surface area contributed by atoms with Crippen molar-refractivity contribution in [2.24, 2.45) is 11.8 Å². The number of esters is 1. The lowest BCUT2D eigenvalue weighted by molar-refractivity contribution is -0.148. The molecule has 0 aliphatic heterocycles. The minimum Gasteiger partial charge on any atom is -0.469 e. The third-order valence-corrected chi connectivity index (χ3v) is 5.39. The number of methoxy groups -OCH3 is 2. The van der Waals surface area contributed by atoms with E-state index in [1.54, 1.807) is 7.11 Å². The van der Waals surface area contributed by atoms with Crippen molar-refractivity contribution in [1.82, 2.24) is 0 Å². The molecule has 0 aromatic rings. The fourth-order valence-electron chi connectivity index (χ4n) is 2.14. The van der Waals surface area contributed by atoms with Gasteiger partial charge >= 0.3 is 5.97 Å². The van der Waals surface area contributed by atoms with E-state index < -0.39 is 8.07 Å². The van der Waals surface area contributed by atoms with Crippen LogP contribution in [0.1, 0.15) is 33.1 Å². The van der Waals surface area contributed by atoms with Gasteiger partial charge in [-0.05, 0) is 31.2 Å². The van der Waals surface area contributed by atoms with E-state index in [0.29, 0.717) is 5.92 Å². The lowest BCUT2D eigenvalue weighted by Crippen LogP contribution is -2.25. The van der Waals surface area contributed by atoms with Crippen LogP contribution >= 0.6 is 0 Å². The highest BCUT2D eigenvalue weighted by atomic mass is 28.3. The Labute approximate surface area is 131 Å². The highest BCUT2D eigenvalue weighted by molar-refractivity contribution is 6.76. The quantitative estimate of drug-likeness (QED) is 0.329. The van der Waals surface area contributed by atoms with Crippen molar-refractivity contribution in [3.8, 4) is 0 Å². The van der Waals surface area contributed by atoms with Gasteiger partial charge in [0, 0.05) is 21.8 Å². The van der Waals surface area contributed by atoms with E-state index in [1.165, 1.54) is 7.11 Å². The minimum atomic E-state index is -1.06. The molecule has 0 fully saturated rings. The average molecular weight is 319 g/mol. The maximum atomic E-state index is 11.7. The zero-order valence-corrected chi connectivity index (χ0v) is 15.9. The van der Waals surface area contributed by atoms with Gasteiger partial charge in [-0.15, -0.1) is 0 Å². The van der Waals surface area contributed by atoms with Gasteiger partial charge in [-0.1, -0.05) is 33.5 Å². The molecule has 0 bridgehead atoms. The van der Waals surface area contributed by atoms with Gasteiger partial charge in [0.05, 0.1) is 13.0 Å². The molecule has 0 rings (SSSR count). The third-order valence-electron chi connectivity index (χ3n) is 3.68. The van der Waals surface area contributed by atoms with Gasteiger partial charge < -0.3 is 14.2 Å². The van der Waals surface area contributed by atoms with Crippen LogP contribution in [0.3, 0.4) is 0 Å². The number of ether oxygens (including phenoxy) is 3. The standard InChI is InChI=1S/C16H34O4Si/c1-13(2)14(16(17)19-4)9-8-10-15(18-3)20-11-12-21(5,6)7/h13-15H,8-12H2,1-7H3/t14-,15?/m0/s1. The lowest BCUT2D eigenvalue weighted by Gasteiger charge is -2.22. The van der Waals surface area contributed by atoms with Crippen molar-refractivity contribution in [2.45, 2.75) is 65.1 Å². The van der Waals surface area contributed by atoms with Gasteiger partial charge in [0.1, 0.15) is 0 Å². The highest BCUT2D eigenvalue weighted by Gasteiger charge is 2.23. The fourth-order valence-corrected chi connectivity index (χ4v) is 2.88. The predicted molar refractivity (Wildman–Crippen MR) is 89.1 cm³/mol. The molecule has 0 saturated heterocycles. The Morgan fingerprint density at radius 3 is 2.14 bits per heavy atom. The Morgan fingerprint density at radius 2 is 1.71 bits per heavy atom. The Hall–Kier alpha value is -0.393. The molecular weight excluding hydrogens is 284 g/mol. The summed E-state index contributed by atoms with van der Waals surface area (Å²) in [4.78, 5) is 11.7. The molecule has 4 nitrogen and oxygen atoms in total. The van der Waals surface area contributed by atoms with Crippen LogP contribution < -0.4 is 0 Å². The van der Waals surface area contributed by atoms with Gasteiger partial charge in [0.15, 0.2) is 6.29 Å². The van der Waals surface area contributed by atoms with Crippen LogP contribution in [0.15, 0.2) is 0 Å². The molecule has 0 N–H and O–H groups in total. The third kappa shape index (κ3) is 10.0. The van der Waals surface area contributed by atoms with Crippen LogP contribution in [0, 0.1) is 11.8 Å². The summed E-state index contributed by atoms with van der Waals surface area (Å²) in [6.07, 6.45) is 2.39. The first-order valence-electron chi connectivity index (χ1n) is 7.93. The maximum absolute atomic E-state index is 11.7. The average Bonchev–Trinajstić information content (AvgIpc) is 2.38. The molecule has 0 radical (unpaired) electrons. The van der Waals surface area contributed by atoms with Gasteiger partial charge in [-0.2, -0.15) is 0 Å². The summed E-state index contributed by atoms with van der Waals surface area (Å²) < 4.78 is 16.0. The molecule has 0 aromatic heterocycles. The Kier molecular flexibility index (Phi) is 10.2. The first-order chi connectivity index (χ1) is 9.71. The van der Waals surface area contributed by atoms with Gasteiger partial charge in [-0.25, -0.2) is 0 Å². The van der Waals surface area contributed by atoms with Gasteiger partial charge in [0.2, 0.25) is 0 Å². The van der Waals surface area contributed by atoms with E-state index in [4.69, 9.17) is 14.2 Å². The molecular formula is C16H34O4Si. The second-order valence-corrected chi connectivity index (χ2v) is 12.8. The van der Waals surface area contributed by atoms with Crippen molar-refractivity contribution in [1.29, 1.82) is 0 Å². The normalized spacial score (nSPS) is 15.0. The molecule has 2 atom stereocenters. The van der Waals surface area contributed by atoms with E-state index >= 15 is 0 Å². The Morgan fingerprint density at radius 1 is 1.10 bits per heavy atom. The van der Waals surface area contributed by atoms with E-state index in [-0.39, 0.29) is 18.2 Å². The molecule has 5 heteroatoms.